The summed E-state index contributed by atoms with van der Waals surface area (Å²) in [5, 5.41) is 14.4. The molecule has 2 aromatic carbocycles. The van der Waals surface area contributed by atoms with E-state index in [0.717, 1.165) is 43.0 Å². The van der Waals surface area contributed by atoms with Crippen LogP contribution in [0.15, 0.2) is 48.8 Å². The summed E-state index contributed by atoms with van der Waals surface area (Å²) < 4.78 is 13.3. The second-order valence-electron chi connectivity index (χ2n) is 10.8. The van der Waals surface area contributed by atoms with Gasteiger partial charge in [0.1, 0.15) is 6.33 Å². The van der Waals surface area contributed by atoms with Crippen molar-refractivity contribution in [3.8, 4) is 17.2 Å². The van der Waals surface area contributed by atoms with E-state index < -0.39 is 0 Å². The number of ether oxygens (including phenoxy) is 2. The van der Waals surface area contributed by atoms with Crippen LogP contribution in [0.4, 0.5) is 0 Å². The zero-order chi connectivity index (χ0) is 27.5. The first kappa shape index (κ1) is 26.2. The molecule has 3 aliphatic heterocycles. The summed E-state index contributed by atoms with van der Waals surface area (Å²) in [6.45, 7) is 2.64. The Kier molecular flexibility index (Phi) is 7.63. The zero-order valence-corrected chi connectivity index (χ0v) is 22.7. The molecule has 0 aliphatic carbocycles. The van der Waals surface area contributed by atoms with Crippen molar-refractivity contribution in [1.29, 1.82) is 0 Å². The average molecular weight is 546 g/mol. The highest BCUT2D eigenvalue weighted by molar-refractivity contribution is 5.96. The Morgan fingerprint density at radius 3 is 2.77 bits per heavy atom. The lowest BCUT2D eigenvalue weighted by molar-refractivity contribution is -0.122. The third-order valence-electron chi connectivity index (χ3n) is 8.38. The molecule has 0 spiro atoms. The van der Waals surface area contributed by atoms with Crippen molar-refractivity contribution in [2.75, 3.05) is 39.9 Å². The van der Waals surface area contributed by atoms with Crippen molar-refractivity contribution in [3.05, 3.63) is 59.9 Å². The third-order valence-corrected chi connectivity index (χ3v) is 8.38. The lowest BCUT2D eigenvalue weighted by atomic mass is 9.94. The monoisotopic (exact) mass is 545 g/mol. The molecule has 1 N–H and O–H groups in total. The fourth-order valence-electron chi connectivity index (χ4n) is 6.38. The molecular formula is C29H35N7O4. The highest BCUT2D eigenvalue weighted by Gasteiger charge is 2.44. The summed E-state index contributed by atoms with van der Waals surface area (Å²) in [6.07, 6.45) is 6.22. The summed E-state index contributed by atoms with van der Waals surface area (Å²) in [5.41, 5.74) is 2.50. The molecule has 0 radical (unpaired) electrons. The number of hydrogen-bond donors (Lipinski definition) is 1. The van der Waals surface area contributed by atoms with E-state index in [0.29, 0.717) is 49.7 Å². The van der Waals surface area contributed by atoms with Crippen LogP contribution in [0.3, 0.4) is 0 Å². The van der Waals surface area contributed by atoms with Gasteiger partial charge in [0.05, 0.1) is 25.9 Å². The Labute approximate surface area is 233 Å². The molecule has 11 nitrogen and oxygen atoms in total. The van der Waals surface area contributed by atoms with Crippen LogP contribution >= 0.6 is 0 Å². The molecule has 3 aromatic rings. The van der Waals surface area contributed by atoms with Crippen molar-refractivity contribution in [2.45, 2.75) is 44.2 Å². The number of benzene rings is 2. The van der Waals surface area contributed by atoms with Gasteiger partial charge >= 0.3 is 0 Å². The van der Waals surface area contributed by atoms with E-state index in [1.54, 1.807) is 36.3 Å². The van der Waals surface area contributed by atoms with Crippen molar-refractivity contribution >= 4 is 11.8 Å². The van der Waals surface area contributed by atoms with Crippen LogP contribution in [0.2, 0.25) is 0 Å². The van der Waals surface area contributed by atoms with Gasteiger partial charge in [0, 0.05) is 30.7 Å². The SMILES string of the molecule is COc1ccc2cc1OCCCCN(C(=O)c1ccc(-n3cnnn3)cc1)CC(=O)NC[C@H]1C[C@H]2N2CCC[C@@H]12. The Morgan fingerprint density at radius 2 is 1.98 bits per heavy atom. The number of nitrogens with one attached hydrogen (secondary N) is 1. The molecule has 0 saturated carbocycles. The zero-order valence-electron chi connectivity index (χ0n) is 22.7. The Bertz CT molecular complexity index is 1330. The van der Waals surface area contributed by atoms with E-state index in [9.17, 15) is 9.59 Å². The molecule has 0 unspecified atom stereocenters. The number of methoxy groups -OCH3 is 1. The Balaban J connectivity index is 1.21. The fraction of sp³-hybridized carbons (Fsp3) is 0.483. The summed E-state index contributed by atoms with van der Waals surface area (Å²) in [5.74, 6) is 1.54. The summed E-state index contributed by atoms with van der Waals surface area (Å²) in [6, 6.07) is 14.1. The number of tetrazole rings is 1. The smallest absolute Gasteiger partial charge is 0.254 e. The minimum Gasteiger partial charge on any atom is -0.493 e. The molecule has 6 rings (SSSR count). The maximum absolute atomic E-state index is 13.5. The molecule has 3 atom stereocenters. The molecule has 2 fully saturated rings. The van der Waals surface area contributed by atoms with E-state index in [4.69, 9.17) is 9.47 Å². The van der Waals surface area contributed by atoms with Gasteiger partial charge in [0.15, 0.2) is 11.5 Å². The van der Waals surface area contributed by atoms with Crippen LogP contribution in [0.1, 0.15) is 54.1 Å². The van der Waals surface area contributed by atoms with E-state index in [-0.39, 0.29) is 18.4 Å². The molecule has 2 saturated heterocycles. The number of amides is 2. The van der Waals surface area contributed by atoms with Gasteiger partial charge in [-0.3, -0.25) is 14.5 Å². The van der Waals surface area contributed by atoms with Gasteiger partial charge in [-0.2, -0.15) is 0 Å². The fourth-order valence-corrected chi connectivity index (χ4v) is 6.38. The number of aromatic nitrogens is 4. The van der Waals surface area contributed by atoms with Crippen molar-refractivity contribution in [2.24, 2.45) is 5.92 Å². The minimum atomic E-state index is -0.183. The van der Waals surface area contributed by atoms with Crippen molar-refractivity contribution < 1.29 is 19.1 Å². The molecule has 1 aromatic heterocycles. The van der Waals surface area contributed by atoms with Crippen molar-refractivity contribution in [1.82, 2.24) is 35.3 Å². The number of hydrogen-bond acceptors (Lipinski definition) is 8. The quantitative estimate of drug-likeness (QED) is 0.534. The maximum Gasteiger partial charge on any atom is 0.254 e. The van der Waals surface area contributed by atoms with E-state index in [2.05, 4.69) is 37.9 Å². The maximum atomic E-state index is 13.5. The van der Waals surface area contributed by atoms with Gasteiger partial charge in [0.2, 0.25) is 5.91 Å². The van der Waals surface area contributed by atoms with Gasteiger partial charge in [-0.25, -0.2) is 4.68 Å². The molecule has 11 heteroatoms. The normalized spacial score (nSPS) is 23.8. The molecule has 4 bridgehead atoms. The van der Waals surface area contributed by atoms with E-state index in [1.165, 1.54) is 23.0 Å². The third kappa shape index (κ3) is 5.38. The van der Waals surface area contributed by atoms with E-state index in [1.807, 2.05) is 6.07 Å². The van der Waals surface area contributed by atoms with Crippen LogP contribution in [0.5, 0.6) is 11.5 Å². The second-order valence-corrected chi connectivity index (χ2v) is 10.8. The lowest BCUT2D eigenvalue weighted by Crippen LogP contribution is -2.43. The van der Waals surface area contributed by atoms with Gasteiger partial charge in [0.25, 0.3) is 5.91 Å². The minimum absolute atomic E-state index is 0.0197. The van der Waals surface area contributed by atoms with Gasteiger partial charge in [-0.05, 0) is 97.0 Å². The van der Waals surface area contributed by atoms with Crippen LogP contribution in [0, 0.1) is 5.92 Å². The summed E-state index contributed by atoms with van der Waals surface area (Å²) >= 11 is 0. The molecule has 40 heavy (non-hydrogen) atoms. The first-order valence-corrected chi connectivity index (χ1v) is 14.1. The highest BCUT2D eigenvalue weighted by Crippen LogP contribution is 2.46. The molecule has 4 heterocycles. The van der Waals surface area contributed by atoms with Crippen LogP contribution in [-0.2, 0) is 4.79 Å². The first-order chi connectivity index (χ1) is 19.6. The Morgan fingerprint density at radius 1 is 1.10 bits per heavy atom. The van der Waals surface area contributed by atoms with Crippen molar-refractivity contribution in [3.63, 3.8) is 0 Å². The van der Waals surface area contributed by atoms with Gasteiger partial charge in [-0.15, -0.1) is 5.10 Å². The predicted octanol–water partition coefficient (Wildman–Crippen LogP) is 2.63. The van der Waals surface area contributed by atoms with Gasteiger partial charge in [-0.1, -0.05) is 6.07 Å². The van der Waals surface area contributed by atoms with Gasteiger partial charge < -0.3 is 19.7 Å². The van der Waals surface area contributed by atoms with Crippen LogP contribution < -0.4 is 14.8 Å². The number of carbonyl (C=O) groups is 2. The molecular weight excluding hydrogens is 510 g/mol. The Hall–Kier alpha value is -3.99. The number of fused-ring (bicyclic) bond motifs is 8. The summed E-state index contributed by atoms with van der Waals surface area (Å²) in [4.78, 5) is 30.9. The largest absolute Gasteiger partial charge is 0.493 e. The van der Waals surface area contributed by atoms with E-state index >= 15 is 0 Å². The lowest BCUT2D eigenvalue weighted by Gasteiger charge is -2.25. The summed E-state index contributed by atoms with van der Waals surface area (Å²) in [7, 11) is 1.66. The first-order valence-electron chi connectivity index (χ1n) is 14.1. The predicted molar refractivity (Wildman–Crippen MR) is 146 cm³/mol. The topological polar surface area (TPSA) is 115 Å². The van der Waals surface area contributed by atoms with Crippen LogP contribution in [0.25, 0.3) is 5.69 Å². The van der Waals surface area contributed by atoms with Crippen LogP contribution in [-0.4, -0.2) is 87.8 Å². The number of nitrogens with zero attached hydrogens (tertiary/aromatic N) is 6. The number of rotatable bonds is 3. The second kappa shape index (κ2) is 11.6. The standard InChI is InChI=1S/C29H35N7O4/c1-39-26-11-8-21-16-27(26)40-14-3-2-12-34(29(38)20-6-9-23(10-7-20)36-19-31-32-33-36)18-28(37)30-17-22-15-25(21)35-13-4-5-24(22)35/h6-11,16,19,22,24-25H,2-5,12-15,17-18H2,1H3,(H,30,37)/t22-,24+,25-/m1/s1. The molecule has 2 amide bonds. The average Bonchev–Trinajstić information content (AvgIpc) is 3.74. The molecule has 210 valence electrons. The molecule has 3 aliphatic rings. The highest BCUT2D eigenvalue weighted by atomic mass is 16.5. The number of carbonyl (C=O) groups excluding carboxylic acids is 2.